The van der Waals surface area contributed by atoms with E-state index in [1.165, 1.54) is 0 Å². The van der Waals surface area contributed by atoms with Crippen LogP contribution in [0, 0.1) is 23.7 Å². The Kier molecular flexibility index (Phi) is 7.53. The third-order valence-electron chi connectivity index (χ3n) is 14.1. The minimum absolute atomic E-state index is 0. The Labute approximate surface area is 333 Å². The molecule has 2 aliphatic heterocycles. The van der Waals surface area contributed by atoms with E-state index in [0.29, 0.717) is 80.8 Å². The maximum absolute atomic E-state index is 11.4. The van der Waals surface area contributed by atoms with E-state index in [0.717, 1.165) is 5.57 Å². The van der Waals surface area contributed by atoms with Crippen molar-refractivity contribution < 1.29 is 50.8 Å². The summed E-state index contributed by atoms with van der Waals surface area (Å²) in [7, 11) is 0. The molecule has 3 aromatic heterocycles. The van der Waals surface area contributed by atoms with Gasteiger partial charge in [0.1, 0.15) is 5.82 Å². The molecule has 2 saturated carbocycles. The van der Waals surface area contributed by atoms with E-state index in [4.69, 9.17) is 29.9 Å². The van der Waals surface area contributed by atoms with E-state index in [2.05, 4.69) is 9.97 Å². The minimum atomic E-state index is -1.16. The zero-order valence-electron chi connectivity index (χ0n) is 30.0. The van der Waals surface area contributed by atoms with Crippen LogP contribution in [0.3, 0.4) is 0 Å². The van der Waals surface area contributed by atoms with Gasteiger partial charge >= 0.3 is 23.1 Å². The Morgan fingerprint density at radius 1 is 0.500 bits per heavy atom. The molecule has 16 atom stereocenters. The number of nitrogens with zero attached hydrogens (tertiary/aromatic N) is 6. The molecule has 3 aromatic rings. The fraction of sp³-hybridized carbons (Fsp3) is 0.487. The zero-order valence-corrected chi connectivity index (χ0v) is 31.4. The van der Waals surface area contributed by atoms with Crippen LogP contribution in [0.4, 0.5) is 0 Å². The summed E-state index contributed by atoms with van der Waals surface area (Å²) < 4.78 is 0. The van der Waals surface area contributed by atoms with Gasteiger partial charge in [-0.1, -0.05) is 36.2 Å². The molecule has 282 valence electrons. The summed E-state index contributed by atoms with van der Waals surface area (Å²) in [6.45, 7) is 1.82. The number of aliphatic hydroxyl groups excluding tert-OH is 8. The van der Waals surface area contributed by atoms with Crippen molar-refractivity contribution in [3.05, 3.63) is 69.9 Å². The molecule has 8 aliphatic carbocycles. The largest absolute Gasteiger partial charge is 2.00 e. The Morgan fingerprint density at radius 2 is 0.946 bits per heavy atom. The summed E-state index contributed by atoms with van der Waals surface area (Å²) in [5.74, 6) is -2.52. The number of nitrogens with one attached hydrogen (secondary N) is 2. The van der Waals surface area contributed by atoms with Crippen molar-refractivity contribution in [3.8, 4) is 0 Å². The summed E-state index contributed by atoms with van der Waals surface area (Å²) in [5.41, 5.74) is 5.72. The molecule has 10 N–H and O–H groups in total. The van der Waals surface area contributed by atoms with Gasteiger partial charge in [0.15, 0.2) is 16.9 Å². The molecular weight excluding hydrogens is 733 g/mol. The fourth-order valence-corrected chi connectivity index (χ4v) is 11.3. The number of aromatic amines is 2. The van der Waals surface area contributed by atoms with Crippen LogP contribution in [-0.4, -0.2) is 133 Å². The molecule has 0 aromatic carbocycles. The molecule has 0 spiro atoms. The summed E-state index contributed by atoms with van der Waals surface area (Å²) in [6.07, 6.45) is 1.62. The van der Waals surface area contributed by atoms with Crippen molar-refractivity contribution in [1.82, 2.24) is 29.9 Å². The van der Waals surface area contributed by atoms with Crippen molar-refractivity contribution in [2.75, 3.05) is 0 Å². The van der Waals surface area contributed by atoms with Crippen LogP contribution in [0.2, 0.25) is 0 Å². The van der Waals surface area contributed by atoms with Crippen molar-refractivity contribution in [2.24, 2.45) is 23.7 Å². The van der Waals surface area contributed by atoms with Crippen LogP contribution in [0.5, 0.6) is 0 Å². The molecule has 0 amide bonds. The molecule has 16 unspecified atom stereocenters. The summed E-state index contributed by atoms with van der Waals surface area (Å²) in [4.78, 5) is 36.7. The summed E-state index contributed by atoms with van der Waals surface area (Å²) in [6, 6.07) is 0. The number of rotatable bonds is 1. The number of hydrogen-bond acceptors (Lipinski definition) is 12. The molecule has 56 heavy (non-hydrogen) atoms. The van der Waals surface area contributed by atoms with Crippen LogP contribution in [0.15, 0.2) is 24.3 Å². The third kappa shape index (κ3) is 4.41. The standard InChI is InChI=1S/C39H36N8O8.Mg/c1-9-2-3-10(26(49)25(9)48)13-8-18-40-33(13)42-35-19-11-4-5-12(28(51)27(11)50)20(19)36(44-35)45-38-23-16-7-17(32(55)31(16)54)24(23)39(47-38)46-37-22-15-6-14(29(52)30(15)53)21(22)34(41-18)43-37;/h2-5,8-12,14-17,25-32,48-55H,6-7H2,1H3;/q-2;+2/p+2. The summed E-state index contributed by atoms with van der Waals surface area (Å²) >= 11 is 0. The third-order valence-corrected chi connectivity index (χ3v) is 14.1. The second kappa shape index (κ2) is 11.9. The van der Waals surface area contributed by atoms with Gasteiger partial charge in [0, 0.05) is 92.5 Å². The van der Waals surface area contributed by atoms with Crippen molar-refractivity contribution in [3.63, 3.8) is 0 Å². The Bertz CT molecular complexity index is 2570. The number of fused-ring (bicyclic) bond motifs is 22. The summed E-state index contributed by atoms with van der Waals surface area (Å²) in [5, 5.41) is 89.0. The monoisotopic (exact) mass is 770 g/mol. The smallest absolute Gasteiger partial charge is 0.390 e. The second-order valence-corrected chi connectivity index (χ2v) is 16.8. The molecule has 16 nitrogen and oxygen atoms in total. The van der Waals surface area contributed by atoms with E-state index in [-0.39, 0.29) is 40.3 Å². The quantitative estimate of drug-likeness (QED) is 0.0961. The molecule has 17 heteroatoms. The molecule has 10 aliphatic rings. The van der Waals surface area contributed by atoms with E-state index in [1.54, 1.807) is 6.08 Å². The molecule has 5 heterocycles. The van der Waals surface area contributed by atoms with Crippen LogP contribution in [0.1, 0.15) is 89.0 Å². The average molecular weight is 771 g/mol. The molecule has 13 rings (SSSR count). The van der Waals surface area contributed by atoms with Gasteiger partial charge in [-0.2, -0.15) is 0 Å². The van der Waals surface area contributed by atoms with Gasteiger partial charge in [0.25, 0.3) is 17.5 Å². The van der Waals surface area contributed by atoms with Crippen LogP contribution in [-0.2, 0) is 0 Å². The molecule has 0 saturated heterocycles. The first-order valence-corrected chi connectivity index (χ1v) is 19.1. The van der Waals surface area contributed by atoms with Crippen molar-refractivity contribution >= 4 is 68.4 Å². The maximum Gasteiger partial charge on any atom is 2.00 e. The number of hydrogen-bond donors (Lipinski definition) is 8. The van der Waals surface area contributed by atoms with Crippen LogP contribution >= 0.6 is 0 Å². The van der Waals surface area contributed by atoms with Gasteiger partial charge in [-0.3, -0.25) is 9.97 Å². The van der Waals surface area contributed by atoms with Gasteiger partial charge in [0.2, 0.25) is 0 Å². The predicted molar refractivity (Wildman–Crippen MR) is 194 cm³/mol. The van der Waals surface area contributed by atoms with E-state index in [9.17, 15) is 40.9 Å². The van der Waals surface area contributed by atoms with Gasteiger partial charge in [-0.15, -0.1) is 9.97 Å². The Morgan fingerprint density at radius 3 is 1.52 bits per heavy atom. The van der Waals surface area contributed by atoms with Gasteiger partial charge < -0.3 is 50.8 Å². The normalized spacial score (nSPS) is 40.6. The molecular formula is C39H38MgN8O8+2. The van der Waals surface area contributed by atoms with Gasteiger partial charge in [-0.05, 0) is 18.4 Å². The van der Waals surface area contributed by atoms with Crippen molar-refractivity contribution in [1.29, 1.82) is 0 Å². The van der Waals surface area contributed by atoms with Crippen molar-refractivity contribution in [2.45, 2.75) is 92.3 Å². The molecule has 2 fully saturated rings. The minimum Gasteiger partial charge on any atom is -0.390 e. The molecule has 0 radical (unpaired) electrons. The number of H-pyrrole nitrogens is 2. The second-order valence-electron chi connectivity index (χ2n) is 16.8. The predicted octanol–water partition coefficient (Wildman–Crippen LogP) is -2.24. The van der Waals surface area contributed by atoms with Crippen LogP contribution < -0.4 is 19.9 Å². The van der Waals surface area contributed by atoms with Crippen LogP contribution in [0.25, 0.3) is 45.4 Å². The number of aromatic nitrogens is 8. The maximum atomic E-state index is 11.4. The first kappa shape index (κ1) is 35.4. The average Bonchev–Trinajstić information content (AvgIpc) is 4.04. The van der Waals surface area contributed by atoms with E-state index < -0.39 is 90.3 Å². The number of aliphatic hydroxyl groups is 8. The fourth-order valence-electron chi connectivity index (χ4n) is 11.3. The Balaban J connectivity index is 0.00000363. The first-order valence-electron chi connectivity index (χ1n) is 19.1. The SMILES string of the molecule is CC1C=CC(C2=Cc3nc4[n-]c(nc5[nH+]c(nc6[n-]c(nc2[nH+]3)c2c6C3C=CC2C(O)C3O)C2=C5C3CC2C(O)C3O)c2c4C3CC2C(O)C3O)C(O)C1O.[Mg+2]. The Hall–Kier alpha value is -3.75. The topological polar surface area (TPSA) is 270 Å². The van der Waals surface area contributed by atoms with Gasteiger partial charge in [-0.25, -0.2) is 4.98 Å². The van der Waals surface area contributed by atoms with E-state index in [1.807, 2.05) is 31.2 Å². The zero-order chi connectivity index (χ0) is 37.5. The van der Waals surface area contributed by atoms with Gasteiger partial charge in [0.05, 0.1) is 48.8 Å². The molecule has 14 bridgehead atoms. The first-order chi connectivity index (χ1) is 26.5. The van der Waals surface area contributed by atoms with E-state index >= 15 is 0 Å².